The average Bonchev–Trinajstić information content (AvgIpc) is 3.10. The summed E-state index contributed by atoms with van der Waals surface area (Å²) in [5.41, 5.74) is 0.539. The highest BCUT2D eigenvalue weighted by Gasteiger charge is 2.34. The Morgan fingerprint density at radius 2 is 1.81 bits per heavy atom. The molecular weight excluding hydrogens is 352 g/mol. The monoisotopic (exact) mass is 366 g/mol. The van der Waals surface area contributed by atoms with Crippen molar-refractivity contribution in [3.8, 4) is 17.1 Å². The number of hydrogen-bond donors (Lipinski definition) is 1. The molecule has 136 valence electrons. The number of carbonyl (C=O) groups excluding carboxylic acids is 1. The Morgan fingerprint density at radius 3 is 2.52 bits per heavy atom. The van der Waals surface area contributed by atoms with Crippen LogP contribution in [-0.4, -0.2) is 17.0 Å². The van der Waals surface area contributed by atoms with Crippen molar-refractivity contribution in [3.63, 3.8) is 0 Å². The summed E-state index contributed by atoms with van der Waals surface area (Å²) >= 11 is 0. The fourth-order valence-corrected chi connectivity index (χ4v) is 3.14. The van der Waals surface area contributed by atoms with E-state index in [9.17, 15) is 14.4 Å². The molecule has 1 aliphatic rings. The molecule has 7 nitrogen and oxygen atoms in total. The molecular formula is C20H14O7. The molecule has 3 aromatic rings. The van der Waals surface area contributed by atoms with Gasteiger partial charge in [-0.25, -0.2) is 9.59 Å². The number of rotatable bonds is 3. The average molecular weight is 366 g/mol. The number of aromatic carboxylic acids is 1. The molecule has 1 aromatic carbocycles. The molecule has 0 fully saturated rings. The predicted octanol–water partition coefficient (Wildman–Crippen LogP) is 3.35. The lowest BCUT2D eigenvalue weighted by molar-refractivity contribution is -0.135. The zero-order valence-corrected chi connectivity index (χ0v) is 14.2. The van der Waals surface area contributed by atoms with Gasteiger partial charge in [-0.15, -0.1) is 0 Å². The maximum Gasteiger partial charge on any atom is 0.343 e. The number of aryl methyl sites for hydroxylation is 1. The van der Waals surface area contributed by atoms with E-state index in [1.165, 1.54) is 18.2 Å². The van der Waals surface area contributed by atoms with Gasteiger partial charge in [-0.05, 0) is 31.2 Å². The molecule has 4 rings (SSSR count). The SMILES string of the molecule is Cc1cc2c(c(=O)o1)C(c1ccc(-c3ccc(C(=O)O)cc3)o1)CC(=O)O2. The van der Waals surface area contributed by atoms with Crippen LogP contribution >= 0.6 is 0 Å². The summed E-state index contributed by atoms with van der Waals surface area (Å²) in [5, 5.41) is 8.98. The van der Waals surface area contributed by atoms with Crippen molar-refractivity contribution >= 4 is 11.9 Å². The molecule has 0 aliphatic carbocycles. The standard InChI is InChI=1S/C20H14O7/c1-10-8-16-18(20(24)25-10)13(9-17(21)27-16)15-7-6-14(26-15)11-2-4-12(5-3-11)19(22)23/h2-8,13H,9H2,1H3,(H,22,23). The Balaban J connectivity index is 1.73. The lowest BCUT2D eigenvalue weighted by atomic mass is 9.92. The summed E-state index contributed by atoms with van der Waals surface area (Å²) in [6.45, 7) is 1.60. The van der Waals surface area contributed by atoms with E-state index >= 15 is 0 Å². The second kappa shape index (κ2) is 6.28. The summed E-state index contributed by atoms with van der Waals surface area (Å²) in [7, 11) is 0. The van der Waals surface area contributed by atoms with Gasteiger partial charge in [-0.2, -0.15) is 0 Å². The normalized spacial score (nSPS) is 15.9. The Hall–Kier alpha value is -3.61. The van der Waals surface area contributed by atoms with Crippen LogP contribution in [-0.2, 0) is 4.79 Å². The van der Waals surface area contributed by atoms with Crippen LogP contribution in [0.1, 0.15) is 39.8 Å². The van der Waals surface area contributed by atoms with Crippen molar-refractivity contribution < 1.29 is 28.3 Å². The van der Waals surface area contributed by atoms with Crippen molar-refractivity contribution in [2.75, 3.05) is 0 Å². The van der Waals surface area contributed by atoms with Crippen molar-refractivity contribution in [2.24, 2.45) is 0 Å². The van der Waals surface area contributed by atoms with Gasteiger partial charge in [0.05, 0.1) is 23.5 Å². The topological polar surface area (TPSA) is 107 Å². The van der Waals surface area contributed by atoms with E-state index in [4.69, 9.17) is 18.7 Å². The van der Waals surface area contributed by atoms with Gasteiger partial charge >= 0.3 is 17.6 Å². The van der Waals surface area contributed by atoms with Gasteiger partial charge in [-0.1, -0.05) is 12.1 Å². The lowest BCUT2D eigenvalue weighted by Gasteiger charge is -2.21. The minimum Gasteiger partial charge on any atom is -0.478 e. The van der Waals surface area contributed by atoms with Crippen LogP contribution in [0.25, 0.3) is 11.3 Å². The quantitative estimate of drug-likeness (QED) is 0.708. The van der Waals surface area contributed by atoms with Crippen molar-refractivity contribution in [1.29, 1.82) is 0 Å². The number of carboxylic acid groups (broad SMARTS) is 1. The Bertz CT molecular complexity index is 1100. The zero-order chi connectivity index (χ0) is 19.1. The maximum atomic E-state index is 12.3. The highest BCUT2D eigenvalue weighted by Crippen LogP contribution is 2.38. The van der Waals surface area contributed by atoms with E-state index in [1.54, 1.807) is 31.2 Å². The van der Waals surface area contributed by atoms with Crippen molar-refractivity contribution in [1.82, 2.24) is 0 Å². The first kappa shape index (κ1) is 16.8. The van der Waals surface area contributed by atoms with Crippen LogP contribution in [0.15, 0.2) is 56.1 Å². The number of ether oxygens (including phenoxy) is 1. The smallest absolute Gasteiger partial charge is 0.343 e. The van der Waals surface area contributed by atoms with Gasteiger partial charge in [0.2, 0.25) is 0 Å². The van der Waals surface area contributed by atoms with E-state index in [-0.39, 0.29) is 23.3 Å². The third-order valence-electron chi connectivity index (χ3n) is 4.40. The second-order valence-electron chi connectivity index (χ2n) is 6.24. The van der Waals surface area contributed by atoms with E-state index in [0.29, 0.717) is 22.8 Å². The fourth-order valence-electron chi connectivity index (χ4n) is 3.14. The molecule has 1 N–H and O–H groups in total. The lowest BCUT2D eigenvalue weighted by Crippen LogP contribution is -2.26. The third-order valence-corrected chi connectivity index (χ3v) is 4.40. The summed E-state index contributed by atoms with van der Waals surface area (Å²) in [5.74, 6) is -0.604. The van der Waals surface area contributed by atoms with Gasteiger partial charge in [0.1, 0.15) is 23.0 Å². The van der Waals surface area contributed by atoms with Gasteiger partial charge in [0.15, 0.2) is 0 Å². The zero-order valence-electron chi connectivity index (χ0n) is 14.2. The van der Waals surface area contributed by atoms with Gasteiger partial charge in [0.25, 0.3) is 0 Å². The molecule has 2 aromatic heterocycles. The molecule has 1 unspecified atom stereocenters. The first-order valence-corrected chi connectivity index (χ1v) is 8.21. The molecule has 0 amide bonds. The largest absolute Gasteiger partial charge is 0.478 e. The molecule has 0 spiro atoms. The summed E-state index contributed by atoms with van der Waals surface area (Å²) in [6, 6.07) is 11.1. The molecule has 1 aliphatic heterocycles. The van der Waals surface area contributed by atoms with E-state index in [1.807, 2.05) is 0 Å². The van der Waals surface area contributed by atoms with Gasteiger partial charge < -0.3 is 18.7 Å². The maximum absolute atomic E-state index is 12.3. The second-order valence-corrected chi connectivity index (χ2v) is 6.24. The van der Waals surface area contributed by atoms with Crippen LogP contribution in [0, 0.1) is 6.92 Å². The van der Waals surface area contributed by atoms with Crippen LogP contribution in [0.4, 0.5) is 0 Å². The van der Waals surface area contributed by atoms with Crippen LogP contribution < -0.4 is 10.4 Å². The first-order valence-electron chi connectivity index (χ1n) is 8.21. The summed E-state index contributed by atoms with van der Waals surface area (Å²) in [6.07, 6.45) is -0.0360. The number of esters is 1. The van der Waals surface area contributed by atoms with Gasteiger partial charge in [0, 0.05) is 11.6 Å². The molecule has 1 atom stereocenters. The Morgan fingerprint density at radius 1 is 1.07 bits per heavy atom. The van der Waals surface area contributed by atoms with Crippen LogP contribution in [0.3, 0.4) is 0 Å². The molecule has 3 heterocycles. The number of furan rings is 1. The highest BCUT2D eigenvalue weighted by molar-refractivity contribution is 5.88. The minimum absolute atomic E-state index is 0.0360. The summed E-state index contributed by atoms with van der Waals surface area (Å²) in [4.78, 5) is 35.2. The number of hydrogen-bond acceptors (Lipinski definition) is 6. The molecule has 0 saturated carbocycles. The number of carbonyl (C=O) groups is 2. The van der Waals surface area contributed by atoms with Crippen molar-refractivity contribution in [3.05, 3.63) is 75.5 Å². The number of carboxylic acids is 1. The van der Waals surface area contributed by atoms with E-state index < -0.39 is 23.5 Å². The molecule has 0 saturated heterocycles. The molecule has 0 radical (unpaired) electrons. The Labute approximate surface area is 152 Å². The molecule has 7 heteroatoms. The van der Waals surface area contributed by atoms with E-state index in [2.05, 4.69) is 0 Å². The predicted molar refractivity (Wildman–Crippen MR) is 92.9 cm³/mol. The Kier molecular flexibility index (Phi) is 3.92. The van der Waals surface area contributed by atoms with Crippen molar-refractivity contribution in [2.45, 2.75) is 19.3 Å². The number of benzene rings is 1. The third kappa shape index (κ3) is 3.03. The molecule has 27 heavy (non-hydrogen) atoms. The minimum atomic E-state index is -1.01. The van der Waals surface area contributed by atoms with Gasteiger partial charge in [-0.3, -0.25) is 4.79 Å². The number of fused-ring (bicyclic) bond motifs is 1. The van der Waals surface area contributed by atoms with Crippen LogP contribution in [0.5, 0.6) is 5.75 Å². The first-order chi connectivity index (χ1) is 12.9. The fraction of sp³-hybridized carbons (Fsp3) is 0.150. The van der Waals surface area contributed by atoms with E-state index in [0.717, 1.165) is 0 Å². The molecule has 0 bridgehead atoms. The summed E-state index contributed by atoms with van der Waals surface area (Å²) < 4.78 is 16.2. The van der Waals surface area contributed by atoms with Crippen LogP contribution in [0.2, 0.25) is 0 Å². The highest BCUT2D eigenvalue weighted by atomic mass is 16.5.